The van der Waals surface area contributed by atoms with Crippen LogP contribution in [0.25, 0.3) is 21.9 Å². The minimum atomic E-state index is -1.56. The normalized spacial score (nSPS) is 12.0. The van der Waals surface area contributed by atoms with E-state index in [1.165, 1.54) is 36.4 Å². The molecule has 0 saturated heterocycles. The minimum absolute atomic E-state index is 0.143. The van der Waals surface area contributed by atoms with Gasteiger partial charge in [-0.3, -0.25) is 4.79 Å². The molecule has 1 unspecified atom stereocenters. The van der Waals surface area contributed by atoms with Crippen LogP contribution in [0.2, 0.25) is 0 Å². The summed E-state index contributed by atoms with van der Waals surface area (Å²) >= 11 is 0. The predicted molar refractivity (Wildman–Crippen MR) is 122 cm³/mol. The molecule has 0 fully saturated rings. The summed E-state index contributed by atoms with van der Waals surface area (Å²) in [4.78, 5) is 11.8. The lowest BCUT2D eigenvalue weighted by atomic mass is 9.89. The van der Waals surface area contributed by atoms with Crippen molar-refractivity contribution in [3.63, 3.8) is 0 Å². The van der Waals surface area contributed by atoms with Gasteiger partial charge in [0.2, 0.25) is 0 Å². The number of rotatable bonds is 6. The molecule has 0 heterocycles. The summed E-state index contributed by atoms with van der Waals surface area (Å²) in [5.74, 6) is -1.71. The fraction of sp³-hybridized carbons (Fsp3) is 0.0800. The highest BCUT2D eigenvalue weighted by atomic mass is 32.2. The van der Waals surface area contributed by atoms with E-state index in [2.05, 4.69) is 4.72 Å². The lowest BCUT2D eigenvalue weighted by molar-refractivity contribution is -0.136. The molecule has 0 aliphatic heterocycles. The largest absolute Gasteiger partial charge is 0.481 e. The lowest BCUT2D eigenvalue weighted by Crippen LogP contribution is -2.05. The standard InChI is InChI=1S/C25H19F2NO3S/c1-15-18(13-24(29)30)12-17-2-5-20(27)14-23(17)25(15)16-3-10-22(11-4-16)32(31)28-21-8-6-19(26)7-9-21/h2-12,14,28H,13H2,1H3,(H,29,30). The lowest BCUT2D eigenvalue weighted by Gasteiger charge is -2.16. The molecule has 162 valence electrons. The molecule has 7 heteroatoms. The van der Waals surface area contributed by atoms with Crippen molar-refractivity contribution in [2.75, 3.05) is 4.72 Å². The summed E-state index contributed by atoms with van der Waals surface area (Å²) in [5.41, 5.74) is 3.42. The second kappa shape index (κ2) is 8.88. The van der Waals surface area contributed by atoms with Gasteiger partial charge in [-0.25, -0.2) is 13.0 Å². The Morgan fingerprint density at radius 2 is 1.59 bits per heavy atom. The van der Waals surface area contributed by atoms with E-state index in [1.54, 1.807) is 36.4 Å². The van der Waals surface area contributed by atoms with E-state index in [0.29, 0.717) is 21.5 Å². The van der Waals surface area contributed by atoms with Crippen LogP contribution in [0.1, 0.15) is 11.1 Å². The highest BCUT2D eigenvalue weighted by molar-refractivity contribution is 7.86. The van der Waals surface area contributed by atoms with Crippen molar-refractivity contribution in [2.45, 2.75) is 18.2 Å². The van der Waals surface area contributed by atoms with Crippen LogP contribution in [-0.2, 0) is 22.2 Å². The van der Waals surface area contributed by atoms with Gasteiger partial charge in [-0.2, -0.15) is 0 Å². The van der Waals surface area contributed by atoms with E-state index in [0.717, 1.165) is 22.1 Å². The van der Waals surface area contributed by atoms with Gasteiger partial charge in [-0.1, -0.05) is 24.3 Å². The maximum atomic E-state index is 14.0. The Bertz CT molecular complexity index is 1340. The molecule has 2 N–H and O–H groups in total. The topological polar surface area (TPSA) is 66.4 Å². The van der Waals surface area contributed by atoms with Gasteiger partial charge in [0, 0.05) is 5.69 Å². The smallest absolute Gasteiger partial charge is 0.307 e. The summed E-state index contributed by atoms with van der Waals surface area (Å²) in [7, 11) is -1.56. The highest BCUT2D eigenvalue weighted by Gasteiger charge is 2.15. The molecule has 32 heavy (non-hydrogen) atoms. The second-order valence-electron chi connectivity index (χ2n) is 7.37. The third-order valence-corrected chi connectivity index (χ3v) is 6.35. The number of carboxylic acid groups (broad SMARTS) is 1. The summed E-state index contributed by atoms with van der Waals surface area (Å²) in [5, 5.41) is 10.7. The Hall–Kier alpha value is -3.58. The first kappa shape index (κ1) is 21.6. The molecule has 0 aliphatic carbocycles. The van der Waals surface area contributed by atoms with Crippen LogP contribution in [0.15, 0.2) is 77.7 Å². The third-order valence-electron chi connectivity index (χ3n) is 5.22. The van der Waals surface area contributed by atoms with Crippen LogP contribution in [0, 0.1) is 18.6 Å². The van der Waals surface area contributed by atoms with Crippen LogP contribution in [-0.4, -0.2) is 15.3 Å². The molecule has 4 aromatic carbocycles. The van der Waals surface area contributed by atoms with Crippen molar-refractivity contribution in [1.82, 2.24) is 0 Å². The number of benzene rings is 4. The molecule has 0 aromatic heterocycles. The first-order chi connectivity index (χ1) is 15.3. The van der Waals surface area contributed by atoms with Crippen LogP contribution >= 0.6 is 0 Å². The molecule has 4 nitrogen and oxygen atoms in total. The summed E-state index contributed by atoms with van der Waals surface area (Å²) in [6.07, 6.45) is -0.143. The van der Waals surface area contributed by atoms with Gasteiger partial charge in [0.1, 0.15) is 22.6 Å². The maximum absolute atomic E-state index is 14.0. The number of anilines is 1. The number of carboxylic acids is 1. The van der Waals surface area contributed by atoms with Crippen LogP contribution in [0.4, 0.5) is 14.5 Å². The molecule has 1 atom stereocenters. The molecule has 4 rings (SSSR count). The molecule has 4 aromatic rings. The fourth-order valence-corrected chi connectivity index (χ4v) is 4.53. The summed E-state index contributed by atoms with van der Waals surface area (Å²) in [6.45, 7) is 1.82. The van der Waals surface area contributed by atoms with Crippen molar-refractivity contribution in [3.05, 3.63) is 95.6 Å². The van der Waals surface area contributed by atoms with Crippen LogP contribution in [0.5, 0.6) is 0 Å². The van der Waals surface area contributed by atoms with Gasteiger partial charge in [0.05, 0.1) is 11.3 Å². The quantitative estimate of drug-likeness (QED) is 0.386. The van der Waals surface area contributed by atoms with Gasteiger partial charge in [-0.05, 0) is 88.5 Å². The summed E-state index contributed by atoms with van der Waals surface area (Å²) in [6, 6.07) is 18.7. The molecule has 0 saturated carbocycles. The first-order valence-corrected chi connectivity index (χ1v) is 10.9. The van der Waals surface area contributed by atoms with Crippen molar-refractivity contribution < 1.29 is 22.9 Å². The zero-order valence-electron chi connectivity index (χ0n) is 17.1. The van der Waals surface area contributed by atoms with Gasteiger partial charge in [0.25, 0.3) is 0 Å². The number of aliphatic carboxylic acids is 1. The van der Waals surface area contributed by atoms with Crippen molar-refractivity contribution >= 4 is 33.4 Å². The van der Waals surface area contributed by atoms with E-state index in [4.69, 9.17) is 0 Å². The second-order valence-corrected chi connectivity index (χ2v) is 8.59. The average Bonchev–Trinajstić information content (AvgIpc) is 2.76. The predicted octanol–water partition coefficient (Wildman–Crippen LogP) is 5.86. The molecular weight excluding hydrogens is 432 g/mol. The van der Waals surface area contributed by atoms with E-state index < -0.39 is 17.0 Å². The van der Waals surface area contributed by atoms with Gasteiger partial charge in [-0.15, -0.1) is 0 Å². The Labute approximate surface area is 186 Å². The van der Waals surface area contributed by atoms with Gasteiger partial charge < -0.3 is 9.83 Å². The van der Waals surface area contributed by atoms with Crippen molar-refractivity contribution in [3.8, 4) is 11.1 Å². The molecule has 0 aliphatic rings. The van der Waals surface area contributed by atoms with E-state index in [9.17, 15) is 22.9 Å². The zero-order chi connectivity index (χ0) is 22.8. The van der Waals surface area contributed by atoms with E-state index in [-0.39, 0.29) is 18.1 Å². The van der Waals surface area contributed by atoms with Gasteiger partial charge >= 0.3 is 5.97 Å². The van der Waals surface area contributed by atoms with Crippen molar-refractivity contribution in [2.24, 2.45) is 0 Å². The van der Waals surface area contributed by atoms with Crippen LogP contribution < -0.4 is 4.72 Å². The Balaban J connectivity index is 1.73. The number of hydrogen-bond acceptors (Lipinski definition) is 2. The zero-order valence-corrected chi connectivity index (χ0v) is 17.9. The number of hydrogen-bond donors (Lipinski definition) is 2. The molecule has 0 radical (unpaired) electrons. The maximum Gasteiger partial charge on any atom is 0.307 e. The molecule has 0 bridgehead atoms. The number of nitrogens with one attached hydrogen (secondary N) is 1. The Morgan fingerprint density at radius 1 is 0.938 bits per heavy atom. The Kier molecular flexibility index (Phi) is 6.01. The summed E-state index contributed by atoms with van der Waals surface area (Å²) < 4.78 is 42.5. The molecular formula is C25H19F2NO3S. The van der Waals surface area contributed by atoms with Crippen molar-refractivity contribution in [1.29, 1.82) is 0 Å². The van der Waals surface area contributed by atoms with Gasteiger partial charge in [0.15, 0.2) is 0 Å². The third kappa shape index (κ3) is 4.53. The number of carbonyl (C=O) groups is 1. The SMILES string of the molecule is Cc1c(CC(=O)O)cc2ccc(F)cc2c1-c1ccc(S(=O)Nc2ccc(F)cc2)cc1. The Morgan fingerprint density at radius 3 is 2.25 bits per heavy atom. The number of fused-ring (bicyclic) bond motifs is 1. The fourth-order valence-electron chi connectivity index (χ4n) is 3.68. The molecule has 0 spiro atoms. The number of halogens is 2. The highest BCUT2D eigenvalue weighted by Crippen LogP contribution is 2.35. The van der Waals surface area contributed by atoms with E-state index in [1.807, 2.05) is 6.92 Å². The van der Waals surface area contributed by atoms with E-state index >= 15 is 0 Å². The first-order valence-electron chi connectivity index (χ1n) is 9.80. The monoisotopic (exact) mass is 451 g/mol. The molecule has 0 amide bonds. The average molecular weight is 451 g/mol. The minimum Gasteiger partial charge on any atom is -0.481 e. The van der Waals surface area contributed by atoms with Crippen LogP contribution in [0.3, 0.4) is 0 Å².